The Morgan fingerprint density at radius 3 is 2.62 bits per heavy atom. The number of carbonyl (C=O) groups is 2. The number of carbonyl (C=O) groups excluding carboxylic acids is 2. The lowest BCUT2D eigenvalue weighted by molar-refractivity contribution is 0.0306. The van der Waals surface area contributed by atoms with E-state index in [1.165, 1.54) is 7.11 Å². The molecule has 0 N–H and O–H groups in total. The number of methoxy groups -OCH3 is 1. The average molecular weight is 357 g/mol. The third kappa shape index (κ3) is 3.42. The largest absolute Gasteiger partial charge is 0.465 e. The third-order valence-electron chi connectivity index (χ3n) is 4.15. The topological polar surface area (TPSA) is 73.7 Å². The van der Waals surface area contributed by atoms with Gasteiger partial charge in [0.05, 0.1) is 30.4 Å². The average Bonchev–Trinajstić information content (AvgIpc) is 3.17. The molecule has 1 aromatic heterocycles. The molecule has 0 bridgehead atoms. The normalized spacial score (nSPS) is 14.5. The Labute approximate surface area is 152 Å². The predicted molar refractivity (Wildman–Crippen MR) is 97.8 cm³/mol. The summed E-state index contributed by atoms with van der Waals surface area (Å²) < 4.78 is 11.9. The van der Waals surface area contributed by atoms with E-state index in [0.29, 0.717) is 18.7 Å². The van der Waals surface area contributed by atoms with Gasteiger partial charge in [0.15, 0.2) is 0 Å². The van der Waals surface area contributed by atoms with Crippen LogP contribution in [0.4, 0.5) is 4.79 Å². The number of rotatable bonds is 2. The molecule has 0 atom stereocenters. The summed E-state index contributed by atoms with van der Waals surface area (Å²) in [6, 6.07) is 5.35. The standard InChI is InChI=1S/C19H23N3O4/c1-19(2,3)26-18(24)22-9-8-13(11-22)16-14-7-6-12(17(23)25-5)10-15(14)21(4)20-16/h6-8,10H,9,11H2,1-5H3. The van der Waals surface area contributed by atoms with E-state index in [1.54, 1.807) is 21.7 Å². The minimum atomic E-state index is -0.526. The van der Waals surface area contributed by atoms with Gasteiger partial charge in [-0.15, -0.1) is 0 Å². The zero-order chi connectivity index (χ0) is 19.1. The van der Waals surface area contributed by atoms with Crippen molar-refractivity contribution in [2.24, 2.45) is 7.05 Å². The van der Waals surface area contributed by atoms with Gasteiger partial charge in [0.25, 0.3) is 0 Å². The van der Waals surface area contributed by atoms with Gasteiger partial charge in [-0.1, -0.05) is 6.08 Å². The van der Waals surface area contributed by atoms with Crippen LogP contribution in [0, 0.1) is 0 Å². The summed E-state index contributed by atoms with van der Waals surface area (Å²) in [6.07, 6.45) is 1.65. The number of esters is 1. The van der Waals surface area contributed by atoms with E-state index in [1.807, 2.05) is 40.0 Å². The number of benzene rings is 1. The number of aryl methyl sites for hydroxylation is 1. The van der Waals surface area contributed by atoms with Crippen LogP contribution in [0.15, 0.2) is 24.3 Å². The van der Waals surface area contributed by atoms with E-state index < -0.39 is 5.60 Å². The molecule has 2 heterocycles. The second-order valence-electron chi connectivity index (χ2n) is 7.29. The first-order valence-electron chi connectivity index (χ1n) is 8.42. The molecule has 7 heteroatoms. The zero-order valence-electron chi connectivity index (χ0n) is 15.7. The second-order valence-corrected chi connectivity index (χ2v) is 7.29. The van der Waals surface area contributed by atoms with Gasteiger partial charge >= 0.3 is 12.1 Å². The van der Waals surface area contributed by atoms with Crippen LogP contribution in [0.2, 0.25) is 0 Å². The number of hydrogen-bond donors (Lipinski definition) is 0. The van der Waals surface area contributed by atoms with E-state index in [9.17, 15) is 9.59 Å². The maximum atomic E-state index is 12.3. The lowest BCUT2D eigenvalue weighted by atomic mass is 10.1. The van der Waals surface area contributed by atoms with Gasteiger partial charge in [0.1, 0.15) is 5.60 Å². The minimum Gasteiger partial charge on any atom is -0.465 e. The first-order chi connectivity index (χ1) is 12.2. The van der Waals surface area contributed by atoms with Gasteiger partial charge in [0.2, 0.25) is 0 Å². The number of fused-ring (bicyclic) bond motifs is 1. The van der Waals surface area contributed by atoms with E-state index in [-0.39, 0.29) is 12.1 Å². The molecule has 1 aliphatic rings. The molecule has 1 aromatic carbocycles. The van der Waals surface area contributed by atoms with Crippen LogP contribution in [0.25, 0.3) is 16.5 Å². The summed E-state index contributed by atoms with van der Waals surface area (Å²) in [6.45, 7) is 6.48. The second kappa shape index (κ2) is 6.48. The Balaban J connectivity index is 1.86. The van der Waals surface area contributed by atoms with Crippen molar-refractivity contribution in [3.63, 3.8) is 0 Å². The van der Waals surface area contributed by atoms with Gasteiger partial charge in [0, 0.05) is 19.0 Å². The number of nitrogens with zero attached hydrogens (tertiary/aromatic N) is 3. The fourth-order valence-electron chi connectivity index (χ4n) is 2.93. The number of hydrogen-bond acceptors (Lipinski definition) is 5. The summed E-state index contributed by atoms with van der Waals surface area (Å²) in [7, 11) is 3.18. The lowest BCUT2D eigenvalue weighted by Crippen LogP contribution is -2.35. The fraction of sp³-hybridized carbons (Fsp3) is 0.421. The van der Waals surface area contributed by atoms with Crippen molar-refractivity contribution in [2.75, 3.05) is 20.2 Å². The summed E-state index contributed by atoms with van der Waals surface area (Å²) >= 11 is 0. The number of aromatic nitrogens is 2. The van der Waals surface area contributed by atoms with Crippen LogP contribution < -0.4 is 0 Å². The maximum absolute atomic E-state index is 12.3. The minimum absolute atomic E-state index is 0.336. The van der Waals surface area contributed by atoms with E-state index in [2.05, 4.69) is 5.10 Å². The highest BCUT2D eigenvalue weighted by atomic mass is 16.6. The van der Waals surface area contributed by atoms with Crippen LogP contribution >= 0.6 is 0 Å². The third-order valence-corrected chi connectivity index (χ3v) is 4.15. The van der Waals surface area contributed by atoms with Crippen molar-refractivity contribution in [3.05, 3.63) is 35.5 Å². The summed E-state index contributed by atoms with van der Waals surface area (Å²) in [5.74, 6) is -0.383. The van der Waals surface area contributed by atoms with Crippen molar-refractivity contribution in [1.29, 1.82) is 0 Å². The molecule has 0 saturated carbocycles. The molecule has 26 heavy (non-hydrogen) atoms. The molecule has 0 saturated heterocycles. The lowest BCUT2D eigenvalue weighted by Gasteiger charge is -2.24. The Morgan fingerprint density at radius 1 is 1.23 bits per heavy atom. The first-order valence-corrected chi connectivity index (χ1v) is 8.42. The van der Waals surface area contributed by atoms with E-state index >= 15 is 0 Å². The van der Waals surface area contributed by atoms with Crippen molar-refractivity contribution < 1.29 is 19.1 Å². The molecule has 3 rings (SSSR count). The molecular weight excluding hydrogens is 334 g/mol. The highest BCUT2D eigenvalue weighted by Crippen LogP contribution is 2.29. The summed E-state index contributed by atoms with van der Waals surface area (Å²) in [5.41, 5.74) is 2.56. The molecule has 1 aliphatic heterocycles. The molecule has 0 aliphatic carbocycles. The number of amides is 1. The molecule has 2 aromatic rings. The van der Waals surface area contributed by atoms with Gasteiger partial charge in [-0.25, -0.2) is 9.59 Å². The van der Waals surface area contributed by atoms with Crippen LogP contribution in [-0.2, 0) is 16.5 Å². The van der Waals surface area contributed by atoms with E-state index in [4.69, 9.17) is 9.47 Å². The molecule has 7 nitrogen and oxygen atoms in total. The highest BCUT2D eigenvalue weighted by Gasteiger charge is 2.27. The Morgan fingerprint density at radius 2 is 1.96 bits per heavy atom. The van der Waals surface area contributed by atoms with E-state index in [0.717, 1.165) is 22.2 Å². The predicted octanol–water partition coefficient (Wildman–Crippen LogP) is 2.99. The molecule has 0 spiro atoms. The van der Waals surface area contributed by atoms with Gasteiger partial charge < -0.3 is 14.4 Å². The van der Waals surface area contributed by atoms with Crippen molar-refractivity contribution in [1.82, 2.24) is 14.7 Å². The first kappa shape index (κ1) is 18.0. The Hall–Kier alpha value is -2.83. The SMILES string of the molecule is COC(=O)c1ccc2c(C3=CCN(C(=O)OC(C)(C)C)C3)nn(C)c2c1. The molecular formula is C19H23N3O4. The molecule has 0 radical (unpaired) electrons. The van der Waals surface area contributed by atoms with Gasteiger partial charge in [-0.05, 0) is 44.5 Å². The molecule has 138 valence electrons. The van der Waals surface area contributed by atoms with Gasteiger partial charge in [-0.3, -0.25) is 4.68 Å². The van der Waals surface area contributed by atoms with Crippen LogP contribution in [0.5, 0.6) is 0 Å². The smallest absolute Gasteiger partial charge is 0.410 e. The monoisotopic (exact) mass is 357 g/mol. The number of ether oxygens (including phenoxy) is 2. The van der Waals surface area contributed by atoms with Crippen molar-refractivity contribution in [2.45, 2.75) is 26.4 Å². The quantitative estimate of drug-likeness (QED) is 0.773. The highest BCUT2D eigenvalue weighted by molar-refractivity contribution is 5.98. The molecule has 1 amide bonds. The van der Waals surface area contributed by atoms with Gasteiger partial charge in [-0.2, -0.15) is 5.10 Å². The molecule has 0 unspecified atom stereocenters. The molecule has 0 fully saturated rings. The van der Waals surface area contributed by atoms with Crippen molar-refractivity contribution >= 4 is 28.5 Å². The van der Waals surface area contributed by atoms with Crippen molar-refractivity contribution in [3.8, 4) is 0 Å². The fourth-order valence-corrected chi connectivity index (χ4v) is 2.93. The maximum Gasteiger partial charge on any atom is 0.410 e. The zero-order valence-corrected chi connectivity index (χ0v) is 15.7. The van der Waals surface area contributed by atoms with Crippen LogP contribution in [0.1, 0.15) is 36.8 Å². The summed E-state index contributed by atoms with van der Waals surface area (Å²) in [5, 5.41) is 5.51. The van der Waals surface area contributed by atoms with Crippen LogP contribution in [0.3, 0.4) is 0 Å². The summed E-state index contributed by atoms with van der Waals surface area (Å²) in [4.78, 5) is 25.6. The van der Waals surface area contributed by atoms with Crippen LogP contribution in [-0.4, -0.2) is 52.5 Å². The Kier molecular flexibility index (Phi) is 4.48. The Bertz CT molecular complexity index is 905.